The molecule has 7 nitrogen and oxygen atoms in total. The van der Waals surface area contributed by atoms with Gasteiger partial charge in [-0.2, -0.15) is 5.10 Å². The lowest BCUT2D eigenvalue weighted by Crippen LogP contribution is -2.18. The molecule has 2 aromatic carbocycles. The Morgan fingerprint density at radius 3 is 2.62 bits per heavy atom. The molecule has 2 rings (SSSR count). The van der Waals surface area contributed by atoms with Gasteiger partial charge in [0, 0.05) is 4.47 Å². The summed E-state index contributed by atoms with van der Waals surface area (Å²) < 4.78 is 16.5. The molecule has 1 N–H and O–H groups in total. The second-order valence-electron chi connectivity index (χ2n) is 5.54. The summed E-state index contributed by atoms with van der Waals surface area (Å²) in [6.07, 6.45) is 1.43. The highest BCUT2D eigenvalue weighted by Crippen LogP contribution is 2.36. The van der Waals surface area contributed by atoms with Gasteiger partial charge in [0.1, 0.15) is 0 Å². The molecule has 0 aliphatic heterocycles. The first-order valence-corrected chi connectivity index (χ1v) is 9.96. The summed E-state index contributed by atoms with van der Waals surface area (Å²) in [5.74, 6) is -0.287. The second kappa shape index (κ2) is 11.4. The third-order valence-corrected chi connectivity index (χ3v) is 4.44. The molecular formula is C20H20BrClN2O5. The topological polar surface area (TPSA) is 86.2 Å². The van der Waals surface area contributed by atoms with Crippen molar-refractivity contribution in [1.29, 1.82) is 0 Å². The minimum atomic E-state index is -0.508. The number of esters is 1. The average Bonchev–Trinajstić information content (AvgIpc) is 2.68. The number of hydrazone groups is 1. The van der Waals surface area contributed by atoms with E-state index in [-0.39, 0.29) is 29.9 Å². The number of benzene rings is 2. The molecule has 0 saturated heterocycles. The van der Waals surface area contributed by atoms with Crippen LogP contribution in [0, 0.1) is 0 Å². The first kappa shape index (κ1) is 22.7. The van der Waals surface area contributed by atoms with Crippen molar-refractivity contribution < 1.29 is 23.8 Å². The molecule has 0 aliphatic rings. The Labute approximate surface area is 182 Å². The van der Waals surface area contributed by atoms with Crippen LogP contribution < -0.4 is 14.9 Å². The highest BCUT2D eigenvalue weighted by molar-refractivity contribution is 9.10. The molecule has 0 radical (unpaired) electrons. The van der Waals surface area contributed by atoms with Crippen LogP contribution in [0.4, 0.5) is 0 Å². The number of nitrogens with zero attached hydrogens (tertiary/aromatic N) is 1. The summed E-state index contributed by atoms with van der Waals surface area (Å²) in [6, 6.07) is 10.2. The van der Waals surface area contributed by atoms with Gasteiger partial charge in [0.2, 0.25) is 0 Å². The molecule has 0 saturated carbocycles. The van der Waals surface area contributed by atoms with Gasteiger partial charge in [-0.25, -0.2) is 10.2 Å². The van der Waals surface area contributed by atoms with Gasteiger partial charge in [0.25, 0.3) is 5.91 Å². The molecule has 29 heavy (non-hydrogen) atoms. The maximum Gasteiger partial charge on any atom is 0.344 e. The van der Waals surface area contributed by atoms with E-state index in [1.807, 2.05) is 13.0 Å². The van der Waals surface area contributed by atoms with Crippen LogP contribution in [0.5, 0.6) is 11.5 Å². The van der Waals surface area contributed by atoms with Crippen molar-refractivity contribution in [3.05, 3.63) is 57.0 Å². The molecule has 1 amide bonds. The van der Waals surface area contributed by atoms with Gasteiger partial charge in [0.15, 0.2) is 18.1 Å². The van der Waals surface area contributed by atoms with E-state index in [4.69, 9.17) is 25.8 Å². The number of carbonyl (C=O) groups is 2. The van der Waals surface area contributed by atoms with E-state index in [2.05, 4.69) is 26.5 Å². The number of hydrogen-bond donors (Lipinski definition) is 1. The van der Waals surface area contributed by atoms with Crippen LogP contribution in [-0.2, 0) is 9.53 Å². The third kappa shape index (κ3) is 6.76. The van der Waals surface area contributed by atoms with Crippen LogP contribution in [-0.4, -0.2) is 37.9 Å². The third-order valence-electron chi connectivity index (χ3n) is 3.47. The lowest BCUT2D eigenvalue weighted by molar-refractivity contribution is -0.145. The zero-order valence-electron chi connectivity index (χ0n) is 15.9. The molecule has 0 unspecified atom stereocenters. The molecule has 0 spiro atoms. The largest absolute Gasteiger partial charge is 0.490 e. The summed E-state index contributed by atoms with van der Waals surface area (Å²) in [4.78, 5) is 23.7. The Hall–Kier alpha value is -2.58. The number of hydrogen-bond acceptors (Lipinski definition) is 6. The minimum absolute atomic E-state index is 0.232. The summed E-state index contributed by atoms with van der Waals surface area (Å²) in [5.41, 5.74) is 3.49. The smallest absolute Gasteiger partial charge is 0.344 e. The SMILES string of the molecule is CCOC(=O)COc1c(Cl)cc(/C=N\NC(=O)c2ccccc2Br)cc1OCC. The van der Waals surface area contributed by atoms with E-state index >= 15 is 0 Å². The Morgan fingerprint density at radius 2 is 1.93 bits per heavy atom. The monoisotopic (exact) mass is 482 g/mol. The van der Waals surface area contributed by atoms with Gasteiger partial charge in [-0.3, -0.25) is 4.79 Å². The fraction of sp³-hybridized carbons (Fsp3) is 0.250. The molecule has 0 fully saturated rings. The molecular weight excluding hydrogens is 464 g/mol. The zero-order chi connectivity index (χ0) is 21.2. The number of nitrogens with one attached hydrogen (secondary N) is 1. The van der Waals surface area contributed by atoms with Crippen molar-refractivity contribution in [3.63, 3.8) is 0 Å². The molecule has 0 heterocycles. The van der Waals surface area contributed by atoms with Gasteiger partial charge < -0.3 is 14.2 Å². The Morgan fingerprint density at radius 1 is 1.17 bits per heavy atom. The van der Waals surface area contributed by atoms with E-state index in [9.17, 15) is 9.59 Å². The number of amides is 1. The highest BCUT2D eigenvalue weighted by Gasteiger charge is 2.14. The fourth-order valence-corrected chi connectivity index (χ4v) is 3.01. The van der Waals surface area contributed by atoms with Crippen molar-refractivity contribution in [2.75, 3.05) is 19.8 Å². The first-order chi connectivity index (χ1) is 14.0. The van der Waals surface area contributed by atoms with E-state index in [1.165, 1.54) is 6.21 Å². The normalized spacial score (nSPS) is 10.6. The molecule has 0 aliphatic carbocycles. The van der Waals surface area contributed by atoms with E-state index in [0.29, 0.717) is 28.0 Å². The molecule has 0 aromatic heterocycles. The lowest BCUT2D eigenvalue weighted by atomic mass is 10.2. The Bertz CT molecular complexity index is 904. The van der Waals surface area contributed by atoms with Crippen LogP contribution in [0.2, 0.25) is 5.02 Å². The van der Waals surface area contributed by atoms with Gasteiger partial charge in [-0.1, -0.05) is 23.7 Å². The molecule has 0 bridgehead atoms. The number of halogens is 2. The van der Waals surface area contributed by atoms with Crippen LogP contribution in [0.15, 0.2) is 46.0 Å². The summed E-state index contributed by atoms with van der Waals surface area (Å²) in [7, 11) is 0. The Kier molecular flexibility index (Phi) is 8.95. The van der Waals surface area contributed by atoms with Crippen molar-refractivity contribution in [2.24, 2.45) is 5.10 Å². The maximum atomic E-state index is 12.2. The lowest BCUT2D eigenvalue weighted by Gasteiger charge is -2.14. The summed E-state index contributed by atoms with van der Waals surface area (Å²) in [6.45, 7) is 3.85. The molecule has 154 valence electrons. The van der Waals surface area contributed by atoms with Gasteiger partial charge in [-0.05, 0) is 59.6 Å². The van der Waals surface area contributed by atoms with Crippen LogP contribution >= 0.6 is 27.5 Å². The zero-order valence-corrected chi connectivity index (χ0v) is 18.2. The number of rotatable bonds is 9. The van der Waals surface area contributed by atoms with Crippen molar-refractivity contribution in [3.8, 4) is 11.5 Å². The van der Waals surface area contributed by atoms with Gasteiger partial charge >= 0.3 is 5.97 Å². The van der Waals surface area contributed by atoms with Crippen molar-refractivity contribution in [1.82, 2.24) is 5.43 Å². The standard InChI is InChI=1S/C20H20BrClN2O5/c1-3-27-17-10-13(9-16(22)19(17)29-12-18(25)28-4-2)11-23-24-20(26)14-7-5-6-8-15(14)21/h5-11H,3-4,12H2,1-2H3,(H,24,26)/b23-11-. The predicted octanol–water partition coefficient (Wildman–Crippen LogP) is 4.21. The summed E-state index contributed by atoms with van der Waals surface area (Å²) >= 11 is 9.60. The first-order valence-electron chi connectivity index (χ1n) is 8.78. The predicted molar refractivity (Wildman–Crippen MR) is 114 cm³/mol. The van der Waals surface area contributed by atoms with Gasteiger partial charge in [-0.15, -0.1) is 0 Å². The number of ether oxygens (including phenoxy) is 3. The molecule has 9 heteroatoms. The van der Waals surface area contributed by atoms with Crippen molar-refractivity contribution >= 4 is 45.6 Å². The quantitative estimate of drug-likeness (QED) is 0.328. The van der Waals surface area contributed by atoms with E-state index in [1.54, 1.807) is 37.3 Å². The molecule has 0 atom stereocenters. The van der Waals surface area contributed by atoms with Crippen LogP contribution in [0.3, 0.4) is 0 Å². The van der Waals surface area contributed by atoms with Crippen LogP contribution in [0.25, 0.3) is 0 Å². The number of carbonyl (C=O) groups excluding carboxylic acids is 2. The average molecular weight is 484 g/mol. The van der Waals surface area contributed by atoms with E-state index in [0.717, 1.165) is 0 Å². The Balaban J connectivity index is 2.12. The fourth-order valence-electron chi connectivity index (χ4n) is 2.27. The van der Waals surface area contributed by atoms with Gasteiger partial charge in [0.05, 0.1) is 30.0 Å². The summed E-state index contributed by atoms with van der Waals surface area (Å²) in [5, 5.41) is 4.19. The minimum Gasteiger partial charge on any atom is -0.490 e. The second-order valence-corrected chi connectivity index (χ2v) is 6.80. The molecule has 2 aromatic rings. The van der Waals surface area contributed by atoms with E-state index < -0.39 is 5.97 Å². The highest BCUT2D eigenvalue weighted by atomic mass is 79.9. The maximum absolute atomic E-state index is 12.2. The van der Waals surface area contributed by atoms with Crippen LogP contribution in [0.1, 0.15) is 29.8 Å². The van der Waals surface area contributed by atoms with Crippen molar-refractivity contribution in [2.45, 2.75) is 13.8 Å².